The Morgan fingerprint density at radius 2 is 1.97 bits per heavy atom. The molecule has 0 heterocycles. The number of ether oxygens (including phenoxy) is 1. The minimum Gasteiger partial charge on any atom is -0.504 e. The summed E-state index contributed by atoms with van der Waals surface area (Å²) in [6.45, 7) is 5.88. The van der Waals surface area contributed by atoms with Crippen LogP contribution < -0.4 is 15.5 Å². The lowest BCUT2D eigenvalue weighted by Crippen LogP contribution is -2.20. The fourth-order valence-electron chi connectivity index (χ4n) is 2.58. The predicted octanol–water partition coefficient (Wildman–Crippen LogP) is 4.04. The van der Waals surface area contributed by atoms with Crippen LogP contribution in [0.4, 0.5) is 5.69 Å². The second-order valence-corrected chi connectivity index (χ2v) is 6.68. The number of aromatic hydroxyl groups is 1. The van der Waals surface area contributed by atoms with E-state index in [1.807, 2.05) is 6.92 Å². The number of hydrogen-bond acceptors (Lipinski definition) is 5. The van der Waals surface area contributed by atoms with Gasteiger partial charge in [-0.05, 0) is 43.2 Å². The lowest BCUT2D eigenvalue weighted by atomic mass is 10.1. The lowest BCUT2D eigenvalue weighted by molar-refractivity contribution is -0.124. The number of anilines is 1. The molecule has 0 fully saturated rings. The molecular weight excluding hydrogens is 406 g/mol. The number of rotatable bonds is 10. The first kappa shape index (κ1) is 23.0. The molecule has 30 heavy (non-hydrogen) atoms. The normalized spacial score (nSPS) is 10.6. The largest absolute Gasteiger partial charge is 0.504 e. The molecule has 0 aliphatic rings. The molecule has 2 aromatic rings. The van der Waals surface area contributed by atoms with E-state index >= 15 is 0 Å². The number of hydrogen-bond donors (Lipinski definition) is 3. The maximum Gasteiger partial charge on any atom is 0.240 e. The Kier molecular flexibility index (Phi) is 8.90. The number of allylic oxidation sites excluding steroid dienone is 1. The molecule has 0 radical (unpaired) electrons. The van der Waals surface area contributed by atoms with Crippen LogP contribution in [0.15, 0.2) is 54.2 Å². The first-order valence-corrected chi connectivity index (χ1v) is 9.78. The third kappa shape index (κ3) is 6.93. The smallest absolute Gasteiger partial charge is 0.240 e. The fraction of sp³-hybridized carbons (Fsp3) is 0.227. The van der Waals surface area contributed by atoms with Crippen LogP contribution in [0.5, 0.6) is 11.5 Å². The van der Waals surface area contributed by atoms with E-state index in [1.54, 1.807) is 42.5 Å². The monoisotopic (exact) mass is 429 g/mol. The van der Waals surface area contributed by atoms with Crippen molar-refractivity contribution >= 4 is 35.3 Å². The summed E-state index contributed by atoms with van der Waals surface area (Å²) in [5.74, 6) is -0.338. The second kappa shape index (κ2) is 11.6. The van der Waals surface area contributed by atoms with E-state index in [9.17, 15) is 14.7 Å². The highest BCUT2D eigenvalue weighted by atomic mass is 35.5. The minimum atomic E-state index is -0.407. The predicted molar refractivity (Wildman–Crippen MR) is 118 cm³/mol. The average molecular weight is 430 g/mol. The second-order valence-electron chi connectivity index (χ2n) is 6.27. The van der Waals surface area contributed by atoms with Crippen LogP contribution in [0.3, 0.4) is 0 Å². The summed E-state index contributed by atoms with van der Waals surface area (Å²) in [5.41, 5.74) is 4.16. The number of carbonyl (C=O) groups is 2. The van der Waals surface area contributed by atoms with Crippen molar-refractivity contribution in [3.05, 3.63) is 65.2 Å². The van der Waals surface area contributed by atoms with Gasteiger partial charge in [0.25, 0.3) is 0 Å². The van der Waals surface area contributed by atoms with E-state index in [0.717, 1.165) is 0 Å². The van der Waals surface area contributed by atoms with Gasteiger partial charge in [-0.25, -0.2) is 5.43 Å². The number of phenols is 1. The zero-order valence-electron chi connectivity index (χ0n) is 16.7. The maximum absolute atomic E-state index is 12.0. The topological polar surface area (TPSA) is 100 Å². The van der Waals surface area contributed by atoms with Crippen molar-refractivity contribution in [3.8, 4) is 11.5 Å². The van der Waals surface area contributed by atoms with Gasteiger partial charge >= 0.3 is 0 Å². The molecule has 158 valence electrons. The summed E-state index contributed by atoms with van der Waals surface area (Å²) >= 11 is 5.99. The SMILES string of the molecule is C=CCc1cc(C=NNC(=O)CCC(=O)Nc2ccccc2Cl)cc(OCC)c1O. The van der Waals surface area contributed by atoms with E-state index < -0.39 is 5.91 Å². The Morgan fingerprint density at radius 1 is 1.23 bits per heavy atom. The van der Waals surface area contributed by atoms with Crippen molar-refractivity contribution in [3.63, 3.8) is 0 Å². The maximum atomic E-state index is 12.0. The highest BCUT2D eigenvalue weighted by Crippen LogP contribution is 2.32. The molecule has 2 rings (SSSR count). The van der Waals surface area contributed by atoms with Gasteiger partial charge in [0, 0.05) is 18.4 Å². The molecule has 0 bridgehead atoms. The van der Waals surface area contributed by atoms with Crippen molar-refractivity contribution in [2.45, 2.75) is 26.2 Å². The summed E-state index contributed by atoms with van der Waals surface area (Å²) in [7, 11) is 0. The van der Waals surface area contributed by atoms with Gasteiger partial charge in [0.1, 0.15) is 0 Å². The third-order valence-electron chi connectivity index (χ3n) is 3.97. The molecule has 3 N–H and O–H groups in total. The molecular formula is C22H24ClN3O4. The minimum absolute atomic E-state index is 0.0102. The molecule has 0 spiro atoms. The molecule has 0 aliphatic carbocycles. The standard InChI is InChI=1S/C22H24ClN3O4/c1-3-7-16-12-15(13-19(22(16)29)30-4-2)14-24-26-21(28)11-10-20(27)25-18-9-6-5-8-17(18)23/h3,5-6,8-9,12-14,29H,1,4,7,10-11H2,2H3,(H,25,27)(H,26,28). The van der Waals surface area contributed by atoms with Gasteiger partial charge in [0.2, 0.25) is 11.8 Å². The number of hydrazone groups is 1. The number of phenolic OH excluding ortho intramolecular Hbond substituents is 1. The summed E-state index contributed by atoms with van der Waals surface area (Å²) in [6.07, 6.45) is 3.52. The van der Waals surface area contributed by atoms with E-state index in [2.05, 4.69) is 22.4 Å². The quantitative estimate of drug-likeness (QED) is 0.301. The summed E-state index contributed by atoms with van der Waals surface area (Å²) in [5, 5.41) is 17.2. The Balaban J connectivity index is 1.90. The fourth-order valence-corrected chi connectivity index (χ4v) is 2.76. The van der Waals surface area contributed by atoms with Gasteiger partial charge in [-0.2, -0.15) is 5.10 Å². The lowest BCUT2D eigenvalue weighted by Gasteiger charge is -2.10. The first-order valence-electron chi connectivity index (χ1n) is 9.40. The number of carbonyl (C=O) groups excluding carboxylic acids is 2. The van der Waals surface area contributed by atoms with Crippen molar-refractivity contribution < 1.29 is 19.4 Å². The van der Waals surface area contributed by atoms with Gasteiger partial charge < -0.3 is 15.2 Å². The van der Waals surface area contributed by atoms with Crippen molar-refractivity contribution in [2.75, 3.05) is 11.9 Å². The van der Waals surface area contributed by atoms with Crippen LogP contribution in [0.2, 0.25) is 5.02 Å². The summed E-state index contributed by atoms with van der Waals surface area (Å²) < 4.78 is 5.43. The van der Waals surface area contributed by atoms with Crippen LogP contribution in [0.1, 0.15) is 30.9 Å². The first-order chi connectivity index (χ1) is 14.4. The molecule has 8 heteroatoms. The van der Waals surface area contributed by atoms with Gasteiger partial charge in [0.05, 0.1) is 23.5 Å². The Labute approximate surface area is 180 Å². The highest BCUT2D eigenvalue weighted by molar-refractivity contribution is 6.33. The number of para-hydroxylation sites is 1. The molecule has 7 nitrogen and oxygen atoms in total. The van der Waals surface area contributed by atoms with Crippen LogP contribution in [0.25, 0.3) is 0 Å². The van der Waals surface area contributed by atoms with Crippen molar-refractivity contribution in [2.24, 2.45) is 5.10 Å². The molecule has 0 saturated carbocycles. The van der Waals surface area contributed by atoms with Crippen LogP contribution in [-0.4, -0.2) is 29.7 Å². The zero-order valence-corrected chi connectivity index (χ0v) is 17.4. The molecule has 0 unspecified atom stereocenters. The average Bonchev–Trinajstić information content (AvgIpc) is 2.72. The van der Waals surface area contributed by atoms with Gasteiger partial charge in [-0.15, -0.1) is 6.58 Å². The van der Waals surface area contributed by atoms with Crippen LogP contribution >= 0.6 is 11.6 Å². The summed E-state index contributed by atoms with van der Waals surface area (Å²) in [4.78, 5) is 23.9. The number of amides is 2. The third-order valence-corrected chi connectivity index (χ3v) is 4.30. The van der Waals surface area contributed by atoms with Crippen LogP contribution in [0, 0.1) is 0 Å². The highest BCUT2D eigenvalue weighted by Gasteiger charge is 2.10. The van der Waals surface area contributed by atoms with Crippen molar-refractivity contribution in [1.29, 1.82) is 0 Å². The van der Waals surface area contributed by atoms with E-state index in [1.165, 1.54) is 6.21 Å². The molecule has 0 aromatic heterocycles. The molecule has 0 saturated heterocycles. The number of nitrogens with one attached hydrogen (secondary N) is 2. The van der Waals surface area contributed by atoms with E-state index in [-0.39, 0.29) is 24.5 Å². The number of nitrogens with zero attached hydrogens (tertiary/aromatic N) is 1. The molecule has 0 atom stereocenters. The van der Waals surface area contributed by atoms with Crippen molar-refractivity contribution in [1.82, 2.24) is 5.43 Å². The van der Waals surface area contributed by atoms with Gasteiger partial charge in [0.15, 0.2) is 11.5 Å². The Morgan fingerprint density at radius 3 is 2.67 bits per heavy atom. The molecule has 2 aromatic carbocycles. The number of halogens is 1. The number of benzene rings is 2. The van der Waals surface area contributed by atoms with E-state index in [0.29, 0.717) is 40.6 Å². The Hall–Kier alpha value is -3.32. The van der Waals surface area contributed by atoms with Gasteiger partial charge in [-0.3, -0.25) is 9.59 Å². The molecule has 0 aliphatic heterocycles. The molecule has 2 amide bonds. The Bertz CT molecular complexity index is 944. The van der Waals surface area contributed by atoms with Crippen LogP contribution in [-0.2, 0) is 16.0 Å². The van der Waals surface area contributed by atoms with Gasteiger partial charge in [-0.1, -0.05) is 29.8 Å². The zero-order chi connectivity index (χ0) is 21.9. The summed E-state index contributed by atoms with van der Waals surface area (Å²) in [6, 6.07) is 10.2. The van der Waals surface area contributed by atoms with E-state index in [4.69, 9.17) is 16.3 Å².